The van der Waals surface area contributed by atoms with Gasteiger partial charge in [-0.3, -0.25) is 14.5 Å². The second kappa shape index (κ2) is 8.61. The molecular formula is C24H19FN2O3. The molecule has 0 atom stereocenters. The van der Waals surface area contributed by atoms with Crippen molar-refractivity contribution in [3.05, 3.63) is 102 Å². The number of benzene rings is 3. The number of hydrogen-bond acceptors (Lipinski definition) is 3. The van der Waals surface area contributed by atoms with Crippen LogP contribution in [0.5, 0.6) is 5.75 Å². The molecular weight excluding hydrogens is 383 g/mol. The van der Waals surface area contributed by atoms with Crippen LogP contribution in [-0.2, 0) is 16.1 Å². The first-order valence-electron chi connectivity index (χ1n) is 9.47. The van der Waals surface area contributed by atoms with Crippen molar-refractivity contribution < 1.29 is 18.7 Å². The zero-order valence-corrected chi connectivity index (χ0v) is 16.0. The van der Waals surface area contributed by atoms with E-state index in [2.05, 4.69) is 5.32 Å². The molecule has 6 heteroatoms. The smallest absolute Gasteiger partial charge is 0.294 e. The van der Waals surface area contributed by atoms with Gasteiger partial charge in [-0.25, -0.2) is 4.39 Å². The zero-order valence-electron chi connectivity index (χ0n) is 16.0. The number of nitrogens with zero attached hydrogens (tertiary/aromatic N) is 1. The van der Waals surface area contributed by atoms with Gasteiger partial charge in [-0.1, -0.05) is 54.6 Å². The number of hydrogen-bond donors (Lipinski definition) is 1. The van der Waals surface area contributed by atoms with E-state index in [1.807, 2.05) is 30.3 Å². The van der Waals surface area contributed by atoms with Crippen LogP contribution in [0.25, 0.3) is 6.08 Å². The monoisotopic (exact) mass is 402 g/mol. The molecule has 150 valence electrons. The lowest BCUT2D eigenvalue weighted by Gasteiger charge is -2.30. The van der Waals surface area contributed by atoms with Gasteiger partial charge in [0.05, 0.1) is 5.69 Å². The standard InChI is InChI=1S/C24H19FN2O3/c25-19-10-6-9-18(13-19)14-22-24(29)27(20-11-4-5-12-21(20)30-22)16-23(28)26-15-17-7-2-1-3-8-17/h1-14H,15-16H2,(H,26,28)/b22-14+. The summed E-state index contributed by atoms with van der Waals surface area (Å²) < 4.78 is 19.3. The maximum atomic E-state index is 13.5. The minimum atomic E-state index is -0.465. The predicted molar refractivity (Wildman–Crippen MR) is 112 cm³/mol. The molecule has 0 fully saturated rings. The molecule has 0 bridgehead atoms. The summed E-state index contributed by atoms with van der Waals surface area (Å²) in [6.45, 7) is 0.207. The Labute approximate surface area is 173 Å². The van der Waals surface area contributed by atoms with E-state index in [9.17, 15) is 14.0 Å². The van der Waals surface area contributed by atoms with Crippen LogP contribution < -0.4 is 15.0 Å². The second-order valence-corrected chi connectivity index (χ2v) is 6.79. The van der Waals surface area contributed by atoms with Gasteiger partial charge in [-0.2, -0.15) is 0 Å². The summed E-state index contributed by atoms with van der Waals surface area (Å²) in [5.74, 6) is -0.697. The quantitative estimate of drug-likeness (QED) is 0.659. The van der Waals surface area contributed by atoms with Crippen LogP contribution in [0.3, 0.4) is 0 Å². The Hall–Kier alpha value is -3.93. The molecule has 3 aromatic carbocycles. The highest BCUT2D eigenvalue weighted by Crippen LogP contribution is 2.35. The highest BCUT2D eigenvalue weighted by molar-refractivity contribution is 6.12. The van der Waals surface area contributed by atoms with Crippen LogP contribution in [-0.4, -0.2) is 18.4 Å². The van der Waals surface area contributed by atoms with Crippen molar-refractivity contribution in [2.45, 2.75) is 6.54 Å². The number of rotatable bonds is 5. The maximum absolute atomic E-state index is 13.5. The van der Waals surface area contributed by atoms with E-state index in [0.717, 1.165) is 5.56 Å². The average Bonchev–Trinajstić information content (AvgIpc) is 2.76. The van der Waals surface area contributed by atoms with Gasteiger partial charge in [0.2, 0.25) is 5.91 Å². The Bertz CT molecular complexity index is 1110. The molecule has 0 aliphatic carbocycles. The van der Waals surface area contributed by atoms with Gasteiger partial charge in [0.15, 0.2) is 11.5 Å². The first kappa shape index (κ1) is 19.4. The van der Waals surface area contributed by atoms with E-state index >= 15 is 0 Å². The molecule has 1 aliphatic rings. The molecule has 0 spiro atoms. The fourth-order valence-electron chi connectivity index (χ4n) is 3.16. The van der Waals surface area contributed by atoms with Crippen molar-refractivity contribution in [2.24, 2.45) is 0 Å². The van der Waals surface area contributed by atoms with Gasteiger partial charge in [-0.05, 0) is 41.5 Å². The number of halogens is 1. The van der Waals surface area contributed by atoms with Crippen molar-refractivity contribution in [3.63, 3.8) is 0 Å². The molecule has 5 nitrogen and oxygen atoms in total. The lowest BCUT2D eigenvalue weighted by Crippen LogP contribution is -2.44. The average molecular weight is 402 g/mol. The maximum Gasteiger partial charge on any atom is 0.294 e. The molecule has 0 unspecified atom stereocenters. The molecule has 3 aromatic rings. The Balaban J connectivity index is 1.56. The summed E-state index contributed by atoms with van der Waals surface area (Å²) in [4.78, 5) is 26.9. The summed E-state index contributed by atoms with van der Waals surface area (Å²) in [7, 11) is 0. The molecule has 2 amide bonds. The molecule has 4 rings (SSSR count). The second-order valence-electron chi connectivity index (χ2n) is 6.79. The third-order valence-corrected chi connectivity index (χ3v) is 4.61. The molecule has 0 aromatic heterocycles. The SMILES string of the molecule is O=C(CN1C(=O)/C(=C\c2cccc(F)c2)Oc2ccccc21)NCc1ccccc1. The lowest BCUT2D eigenvalue weighted by atomic mass is 10.1. The van der Waals surface area contributed by atoms with Gasteiger partial charge in [0, 0.05) is 6.54 Å². The van der Waals surface area contributed by atoms with Crippen LogP contribution in [0.2, 0.25) is 0 Å². The molecule has 1 heterocycles. The largest absolute Gasteiger partial charge is 0.449 e. The Morgan fingerprint density at radius 2 is 1.77 bits per heavy atom. The van der Waals surface area contributed by atoms with Gasteiger partial charge >= 0.3 is 0 Å². The summed E-state index contributed by atoms with van der Waals surface area (Å²) in [6, 6.07) is 22.4. The van der Waals surface area contributed by atoms with Crippen LogP contribution in [0, 0.1) is 5.82 Å². The molecule has 0 radical (unpaired) electrons. The fourth-order valence-corrected chi connectivity index (χ4v) is 3.16. The molecule has 1 aliphatic heterocycles. The molecule has 30 heavy (non-hydrogen) atoms. The number of nitrogens with one attached hydrogen (secondary N) is 1. The summed E-state index contributed by atoms with van der Waals surface area (Å²) in [5, 5.41) is 2.83. The zero-order chi connectivity index (χ0) is 20.9. The fraction of sp³-hybridized carbons (Fsp3) is 0.0833. The van der Waals surface area contributed by atoms with E-state index in [4.69, 9.17) is 4.74 Å². The topological polar surface area (TPSA) is 58.6 Å². The summed E-state index contributed by atoms with van der Waals surface area (Å²) >= 11 is 0. The van der Waals surface area contributed by atoms with Gasteiger partial charge in [-0.15, -0.1) is 0 Å². The third kappa shape index (κ3) is 4.38. The van der Waals surface area contributed by atoms with E-state index in [1.165, 1.54) is 23.1 Å². The van der Waals surface area contributed by atoms with E-state index in [-0.39, 0.29) is 18.2 Å². The third-order valence-electron chi connectivity index (χ3n) is 4.61. The number of ether oxygens (including phenoxy) is 1. The number of anilines is 1. The summed E-state index contributed by atoms with van der Waals surface area (Å²) in [5.41, 5.74) is 1.96. The minimum absolute atomic E-state index is 0.0233. The van der Waals surface area contributed by atoms with Crippen molar-refractivity contribution in [2.75, 3.05) is 11.4 Å². The van der Waals surface area contributed by atoms with Crippen molar-refractivity contribution in [1.29, 1.82) is 0 Å². The van der Waals surface area contributed by atoms with E-state index in [1.54, 1.807) is 36.4 Å². The molecule has 0 saturated heterocycles. The normalized spacial score (nSPS) is 14.2. The Morgan fingerprint density at radius 3 is 2.57 bits per heavy atom. The van der Waals surface area contributed by atoms with Crippen LogP contribution >= 0.6 is 0 Å². The number of carbonyl (C=O) groups is 2. The first-order valence-corrected chi connectivity index (χ1v) is 9.47. The lowest BCUT2D eigenvalue weighted by molar-refractivity contribution is -0.123. The van der Waals surface area contributed by atoms with Gasteiger partial charge < -0.3 is 10.1 Å². The molecule has 1 N–H and O–H groups in total. The van der Waals surface area contributed by atoms with E-state index < -0.39 is 11.7 Å². The molecule has 0 saturated carbocycles. The van der Waals surface area contributed by atoms with Gasteiger partial charge in [0.1, 0.15) is 12.4 Å². The highest BCUT2D eigenvalue weighted by atomic mass is 19.1. The number of amides is 2. The predicted octanol–water partition coefficient (Wildman–Crippen LogP) is 3.91. The number of carbonyl (C=O) groups excluding carboxylic acids is 2. The highest BCUT2D eigenvalue weighted by Gasteiger charge is 2.31. The van der Waals surface area contributed by atoms with Gasteiger partial charge in [0.25, 0.3) is 5.91 Å². The Kier molecular flexibility index (Phi) is 5.57. The van der Waals surface area contributed by atoms with Crippen molar-refractivity contribution in [1.82, 2.24) is 5.32 Å². The minimum Gasteiger partial charge on any atom is -0.449 e. The Morgan fingerprint density at radius 1 is 1.00 bits per heavy atom. The summed E-state index contributed by atoms with van der Waals surface area (Å²) in [6.07, 6.45) is 1.47. The van der Waals surface area contributed by atoms with Crippen molar-refractivity contribution >= 4 is 23.6 Å². The number of para-hydroxylation sites is 2. The first-order chi connectivity index (χ1) is 14.6. The van der Waals surface area contributed by atoms with Crippen LogP contribution in [0.1, 0.15) is 11.1 Å². The van der Waals surface area contributed by atoms with Crippen LogP contribution in [0.15, 0.2) is 84.6 Å². The van der Waals surface area contributed by atoms with Crippen molar-refractivity contribution in [3.8, 4) is 5.75 Å². The number of fused-ring (bicyclic) bond motifs is 1. The van der Waals surface area contributed by atoms with E-state index in [0.29, 0.717) is 23.5 Å². The van der Waals surface area contributed by atoms with Crippen LogP contribution in [0.4, 0.5) is 10.1 Å².